The molecule has 1 aliphatic carbocycles. The van der Waals surface area contributed by atoms with Crippen molar-refractivity contribution in [3.8, 4) is 0 Å². The van der Waals surface area contributed by atoms with Crippen LogP contribution in [0, 0.1) is 5.41 Å². The van der Waals surface area contributed by atoms with Crippen LogP contribution < -0.4 is 0 Å². The van der Waals surface area contributed by atoms with E-state index in [0.29, 0.717) is 17.9 Å². The van der Waals surface area contributed by atoms with E-state index in [9.17, 15) is 4.79 Å². The summed E-state index contributed by atoms with van der Waals surface area (Å²) in [6, 6.07) is 0.432. The van der Waals surface area contributed by atoms with Crippen molar-refractivity contribution in [2.45, 2.75) is 70.8 Å². The maximum Gasteiger partial charge on any atom is 0.303 e. The van der Waals surface area contributed by atoms with Gasteiger partial charge in [-0.2, -0.15) is 0 Å². The van der Waals surface area contributed by atoms with Crippen LogP contribution in [0.3, 0.4) is 0 Å². The van der Waals surface area contributed by atoms with Crippen molar-refractivity contribution in [3.63, 3.8) is 0 Å². The summed E-state index contributed by atoms with van der Waals surface area (Å²) in [4.78, 5) is 13.1. The van der Waals surface area contributed by atoms with Gasteiger partial charge in [0, 0.05) is 12.5 Å². The molecule has 1 unspecified atom stereocenters. The minimum atomic E-state index is -0.664. The van der Waals surface area contributed by atoms with Gasteiger partial charge in [-0.25, -0.2) is 0 Å². The van der Waals surface area contributed by atoms with Gasteiger partial charge in [0.25, 0.3) is 0 Å². The first-order chi connectivity index (χ1) is 8.61. The molecular formula is C15H27NO2. The zero-order chi connectivity index (χ0) is 13.0. The van der Waals surface area contributed by atoms with Crippen LogP contribution in [0.4, 0.5) is 0 Å². The molecule has 1 N–H and O–H groups in total. The lowest BCUT2D eigenvalue weighted by Gasteiger charge is -2.46. The first-order valence-electron chi connectivity index (χ1n) is 7.57. The van der Waals surface area contributed by atoms with Gasteiger partial charge >= 0.3 is 5.97 Å². The predicted molar refractivity (Wildman–Crippen MR) is 72.7 cm³/mol. The highest BCUT2D eigenvalue weighted by Crippen LogP contribution is 2.44. The third kappa shape index (κ3) is 3.47. The number of piperidine rings is 1. The van der Waals surface area contributed by atoms with Gasteiger partial charge in [-0.05, 0) is 57.5 Å². The second-order valence-corrected chi connectivity index (χ2v) is 6.38. The monoisotopic (exact) mass is 253 g/mol. The topological polar surface area (TPSA) is 40.5 Å². The summed E-state index contributed by atoms with van der Waals surface area (Å²) in [5, 5.41) is 8.74. The molecule has 0 radical (unpaired) electrons. The van der Waals surface area contributed by atoms with Crippen LogP contribution in [0.2, 0.25) is 0 Å². The summed E-state index contributed by atoms with van der Waals surface area (Å²) in [6.07, 6.45) is 10.9. The van der Waals surface area contributed by atoms with E-state index in [1.807, 2.05) is 0 Å². The molecule has 2 aliphatic rings. The molecule has 3 heteroatoms. The van der Waals surface area contributed by atoms with Crippen LogP contribution in [-0.2, 0) is 4.79 Å². The van der Waals surface area contributed by atoms with Crippen molar-refractivity contribution in [1.29, 1.82) is 0 Å². The van der Waals surface area contributed by atoms with Gasteiger partial charge in [-0.3, -0.25) is 4.79 Å². The van der Waals surface area contributed by atoms with Crippen molar-refractivity contribution in [1.82, 2.24) is 4.90 Å². The van der Waals surface area contributed by atoms with E-state index in [-0.39, 0.29) is 0 Å². The fourth-order valence-electron chi connectivity index (χ4n) is 3.76. The molecule has 1 spiro atoms. The Morgan fingerprint density at radius 2 is 1.78 bits per heavy atom. The SMILES string of the molecule is CC(CCC(=O)O)N1CCC2(CCCCC2)CC1. The lowest BCUT2D eigenvalue weighted by Crippen LogP contribution is -2.45. The maximum atomic E-state index is 10.6. The molecular weight excluding hydrogens is 226 g/mol. The zero-order valence-corrected chi connectivity index (χ0v) is 11.7. The predicted octanol–water partition coefficient (Wildman–Crippen LogP) is 3.29. The molecule has 0 amide bonds. The Hall–Kier alpha value is -0.570. The van der Waals surface area contributed by atoms with Gasteiger partial charge in [-0.15, -0.1) is 0 Å². The van der Waals surface area contributed by atoms with Crippen molar-refractivity contribution in [2.75, 3.05) is 13.1 Å². The summed E-state index contributed by atoms with van der Waals surface area (Å²) in [7, 11) is 0. The Balaban J connectivity index is 1.76. The summed E-state index contributed by atoms with van der Waals surface area (Å²) >= 11 is 0. The molecule has 2 rings (SSSR count). The maximum absolute atomic E-state index is 10.6. The van der Waals surface area contributed by atoms with Crippen LogP contribution in [0.5, 0.6) is 0 Å². The standard InChI is InChI=1S/C15H27NO2/c1-13(5-6-14(17)18)16-11-9-15(10-12-16)7-3-2-4-8-15/h13H,2-12H2,1H3,(H,17,18). The molecule has 0 aromatic heterocycles. The van der Waals surface area contributed by atoms with Crippen LogP contribution in [-0.4, -0.2) is 35.1 Å². The van der Waals surface area contributed by atoms with Crippen LogP contribution in [0.25, 0.3) is 0 Å². The molecule has 1 atom stereocenters. The highest BCUT2D eigenvalue weighted by Gasteiger charge is 2.36. The molecule has 3 nitrogen and oxygen atoms in total. The second-order valence-electron chi connectivity index (χ2n) is 6.38. The highest BCUT2D eigenvalue weighted by molar-refractivity contribution is 5.66. The van der Waals surface area contributed by atoms with E-state index < -0.39 is 5.97 Å². The number of carboxylic acids is 1. The summed E-state index contributed by atoms with van der Waals surface area (Å²) in [5.41, 5.74) is 0.654. The average Bonchev–Trinajstić information content (AvgIpc) is 2.38. The van der Waals surface area contributed by atoms with Crippen molar-refractivity contribution in [2.24, 2.45) is 5.41 Å². The first-order valence-corrected chi connectivity index (χ1v) is 7.57. The Kier molecular flexibility index (Phi) is 4.66. The average molecular weight is 253 g/mol. The van der Waals surface area contributed by atoms with E-state index in [2.05, 4.69) is 11.8 Å². The molecule has 1 saturated heterocycles. The normalized spacial score (nSPS) is 26.1. The van der Waals surface area contributed by atoms with Gasteiger partial charge in [-0.1, -0.05) is 19.3 Å². The third-order valence-corrected chi connectivity index (χ3v) is 5.17. The number of carbonyl (C=O) groups is 1. The minimum Gasteiger partial charge on any atom is -0.481 e. The number of nitrogens with zero attached hydrogens (tertiary/aromatic N) is 1. The number of rotatable bonds is 4. The molecule has 1 saturated carbocycles. The highest BCUT2D eigenvalue weighted by atomic mass is 16.4. The number of likely N-dealkylation sites (tertiary alicyclic amines) is 1. The minimum absolute atomic E-state index is 0.308. The molecule has 1 aliphatic heterocycles. The smallest absolute Gasteiger partial charge is 0.303 e. The second kappa shape index (κ2) is 6.05. The summed E-state index contributed by atoms with van der Waals surface area (Å²) < 4.78 is 0. The Bertz CT molecular complexity index is 274. The number of aliphatic carboxylic acids is 1. The number of hydrogen-bond donors (Lipinski definition) is 1. The Morgan fingerprint density at radius 3 is 2.33 bits per heavy atom. The van der Waals surface area contributed by atoms with Gasteiger partial charge in [0.1, 0.15) is 0 Å². The molecule has 104 valence electrons. The van der Waals surface area contributed by atoms with Crippen LogP contribution in [0.15, 0.2) is 0 Å². The third-order valence-electron chi connectivity index (χ3n) is 5.17. The molecule has 18 heavy (non-hydrogen) atoms. The largest absolute Gasteiger partial charge is 0.481 e. The molecule has 0 aromatic rings. The van der Waals surface area contributed by atoms with Gasteiger partial charge in [0.2, 0.25) is 0 Å². The Morgan fingerprint density at radius 1 is 1.17 bits per heavy atom. The van der Waals surface area contributed by atoms with Gasteiger partial charge in [0.15, 0.2) is 0 Å². The van der Waals surface area contributed by atoms with E-state index in [4.69, 9.17) is 5.11 Å². The fraction of sp³-hybridized carbons (Fsp3) is 0.933. The lowest BCUT2D eigenvalue weighted by atomic mass is 9.68. The molecule has 1 heterocycles. The van der Waals surface area contributed by atoms with E-state index in [1.165, 1.54) is 58.0 Å². The zero-order valence-electron chi connectivity index (χ0n) is 11.7. The summed E-state index contributed by atoms with van der Waals surface area (Å²) in [6.45, 7) is 4.55. The van der Waals surface area contributed by atoms with Crippen molar-refractivity contribution < 1.29 is 9.90 Å². The van der Waals surface area contributed by atoms with Crippen LogP contribution >= 0.6 is 0 Å². The molecule has 2 fully saturated rings. The van der Waals surface area contributed by atoms with E-state index in [1.54, 1.807) is 0 Å². The van der Waals surface area contributed by atoms with Gasteiger partial charge < -0.3 is 10.0 Å². The lowest BCUT2D eigenvalue weighted by molar-refractivity contribution is -0.137. The quantitative estimate of drug-likeness (QED) is 0.836. The van der Waals surface area contributed by atoms with Crippen molar-refractivity contribution >= 4 is 5.97 Å². The van der Waals surface area contributed by atoms with E-state index in [0.717, 1.165) is 6.42 Å². The fourth-order valence-corrected chi connectivity index (χ4v) is 3.76. The first kappa shape index (κ1) is 13.9. The van der Waals surface area contributed by atoms with Crippen LogP contribution in [0.1, 0.15) is 64.7 Å². The summed E-state index contributed by atoms with van der Waals surface area (Å²) in [5.74, 6) is -0.664. The number of carboxylic acid groups (broad SMARTS) is 1. The van der Waals surface area contributed by atoms with Gasteiger partial charge in [0.05, 0.1) is 0 Å². The molecule has 0 aromatic carbocycles. The number of hydrogen-bond acceptors (Lipinski definition) is 2. The van der Waals surface area contributed by atoms with Crippen molar-refractivity contribution in [3.05, 3.63) is 0 Å². The van der Waals surface area contributed by atoms with E-state index >= 15 is 0 Å². The Labute approximate surface area is 111 Å². The molecule has 0 bridgehead atoms.